The van der Waals surface area contributed by atoms with Gasteiger partial charge in [-0.3, -0.25) is 4.79 Å². The van der Waals surface area contributed by atoms with Crippen LogP contribution < -0.4 is 0 Å². The number of aliphatic carboxylic acids is 1. The normalized spacial score (nSPS) is 6.43. The number of hydrogen-bond acceptors (Lipinski definition) is 2. The van der Waals surface area contributed by atoms with Gasteiger partial charge < -0.3 is 5.11 Å². The van der Waals surface area contributed by atoms with Crippen molar-refractivity contribution >= 4 is 11.8 Å². The Morgan fingerprint density at radius 3 is 1.57 bits per heavy atom. The van der Waals surface area contributed by atoms with Crippen LogP contribution in [0, 0.1) is 0 Å². The van der Waals surface area contributed by atoms with Gasteiger partial charge in [0.05, 0.1) is 0 Å². The fourth-order valence-corrected chi connectivity index (χ4v) is 0. The molecule has 0 heterocycles. The summed E-state index contributed by atoms with van der Waals surface area (Å²) >= 11 is 0. The standard InChI is InChI=1S/C3H4O3.Pt/c1-2(4)3(5)6;/h1H3,(H,5,6);. The Bertz CT molecular complexity index is 76.2. The van der Waals surface area contributed by atoms with Gasteiger partial charge in [-0.05, 0) is 0 Å². The molecular formula is C3H4O3Pt. The summed E-state index contributed by atoms with van der Waals surface area (Å²) in [5.74, 6) is -2.20. The molecule has 44 valence electrons. The van der Waals surface area contributed by atoms with E-state index in [1.54, 1.807) is 0 Å². The predicted octanol–water partition coefficient (Wildman–Crippen LogP) is -0.343. The molecule has 0 aromatic rings. The zero-order valence-corrected chi connectivity index (χ0v) is 5.85. The Hall–Kier alpha value is -0.172. The van der Waals surface area contributed by atoms with E-state index in [-0.39, 0.29) is 21.1 Å². The van der Waals surface area contributed by atoms with Crippen LogP contribution in [0.1, 0.15) is 6.92 Å². The van der Waals surface area contributed by atoms with Gasteiger partial charge in [0.25, 0.3) is 0 Å². The smallest absolute Gasteiger partial charge is 0.371 e. The zero-order chi connectivity index (χ0) is 5.15. The van der Waals surface area contributed by atoms with E-state index in [0.717, 1.165) is 6.92 Å². The van der Waals surface area contributed by atoms with Gasteiger partial charge >= 0.3 is 5.97 Å². The number of carboxylic acids is 1. The van der Waals surface area contributed by atoms with Crippen molar-refractivity contribution in [3.05, 3.63) is 0 Å². The largest absolute Gasteiger partial charge is 0.476 e. The van der Waals surface area contributed by atoms with Crippen LogP contribution in [0.2, 0.25) is 0 Å². The molecule has 0 saturated carbocycles. The second kappa shape index (κ2) is 4.00. The summed E-state index contributed by atoms with van der Waals surface area (Å²) in [6.45, 7) is 1.00. The average molecular weight is 283 g/mol. The summed E-state index contributed by atoms with van der Waals surface area (Å²) in [6.07, 6.45) is 0. The Labute approximate surface area is 55.0 Å². The molecule has 0 aliphatic rings. The van der Waals surface area contributed by atoms with Crippen molar-refractivity contribution < 1.29 is 35.8 Å². The van der Waals surface area contributed by atoms with Gasteiger partial charge in [0.15, 0.2) is 0 Å². The van der Waals surface area contributed by atoms with Crippen LogP contribution in [-0.4, -0.2) is 16.9 Å². The first-order valence-electron chi connectivity index (χ1n) is 1.38. The Morgan fingerprint density at radius 2 is 1.57 bits per heavy atom. The molecule has 0 atom stereocenters. The molecule has 0 aromatic carbocycles. The predicted molar refractivity (Wildman–Crippen MR) is 18.3 cm³/mol. The average Bonchev–Trinajstić information content (AvgIpc) is 1.36. The van der Waals surface area contributed by atoms with Crippen LogP contribution in [0.3, 0.4) is 0 Å². The topological polar surface area (TPSA) is 54.4 Å². The van der Waals surface area contributed by atoms with Gasteiger partial charge in [-0.1, -0.05) is 0 Å². The van der Waals surface area contributed by atoms with Crippen molar-refractivity contribution in [3.8, 4) is 0 Å². The molecule has 0 amide bonds. The molecule has 1 N–H and O–H groups in total. The number of carbonyl (C=O) groups excluding carboxylic acids is 1. The van der Waals surface area contributed by atoms with Gasteiger partial charge in [0, 0.05) is 28.0 Å². The molecule has 0 saturated heterocycles. The first-order chi connectivity index (χ1) is 2.64. The first-order valence-corrected chi connectivity index (χ1v) is 1.38. The summed E-state index contributed by atoms with van der Waals surface area (Å²) in [6, 6.07) is 0. The number of ketones is 1. The summed E-state index contributed by atoms with van der Waals surface area (Å²) < 4.78 is 0. The number of hydrogen-bond donors (Lipinski definition) is 1. The quantitative estimate of drug-likeness (QED) is 0.670. The third kappa shape index (κ3) is 5.83. The molecule has 0 aromatic heterocycles. The molecule has 0 fully saturated rings. The molecule has 7 heavy (non-hydrogen) atoms. The van der Waals surface area contributed by atoms with Crippen molar-refractivity contribution in [2.75, 3.05) is 0 Å². The molecule has 0 spiro atoms. The molecule has 0 aliphatic heterocycles. The second-order valence-corrected chi connectivity index (χ2v) is 0.861. The van der Waals surface area contributed by atoms with Crippen LogP contribution in [0.25, 0.3) is 0 Å². The Morgan fingerprint density at radius 1 is 1.43 bits per heavy atom. The minimum atomic E-state index is -1.38. The van der Waals surface area contributed by atoms with Crippen LogP contribution in [0.15, 0.2) is 0 Å². The van der Waals surface area contributed by atoms with Crippen LogP contribution in [-0.2, 0) is 30.7 Å². The minimum absolute atomic E-state index is 0. The maximum Gasteiger partial charge on any atom is 0.371 e. The number of Topliss-reactive ketones (excluding diaryl/α,β-unsaturated/α-hetero) is 1. The molecule has 3 nitrogen and oxygen atoms in total. The fraction of sp³-hybridized carbons (Fsp3) is 0.333. The van der Waals surface area contributed by atoms with Crippen LogP contribution >= 0.6 is 0 Å². The molecule has 4 heteroatoms. The zero-order valence-electron chi connectivity index (χ0n) is 3.58. The van der Waals surface area contributed by atoms with Gasteiger partial charge in [-0.15, -0.1) is 0 Å². The first kappa shape index (κ1) is 9.95. The van der Waals surface area contributed by atoms with E-state index in [2.05, 4.69) is 0 Å². The number of carboxylic acid groups (broad SMARTS) is 1. The van der Waals surface area contributed by atoms with E-state index >= 15 is 0 Å². The van der Waals surface area contributed by atoms with E-state index in [4.69, 9.17) is 5.11 Å². The SMILES string of the molecule is CC(=O)C(=O)O.[Pt]. The van der Waals surface area contributed by atoms with Crippen LogP contribution in [0.4, 0.5) is 0 Å². The van der Waals surface area contributed by atoms with Gasteiger partial charge in [-0.25, -0.2) is 4.79 Å². The van der Waals surface area contributed by atoms with Crippen molar-refractivity contribution in [2.45, 2.75) is 6.92 Å². The summed E-state index contributed by atoms with van der Waals surface area (Å²) in [5, 5.41) is 7.64. The van der Waals surface area contributed by atoms with E-state index in [1.807, 2.05) is 0 Å². The number of rotatable bonds is 1. The van der Waals surface area contributed by atoms with E-state index in [9.17, 15) is 9.59 Å². The summed E-state index contributed by atoms with van der Waals surface area (Å²) in [5.41, 5.74) is 0. The van der Waals surface area contributed by atoms with Crippen molar-refractivity contribution in [1.82, 2.24) is 0 Å². The molecule has 0 unspecified atom stereocenters. The Kier molecular flexibility index (Phi) is 5.69. The molecule has 0 rings (SSSR count). The Balaban J connectivity index is 0. The van der Waals surface area contributed by atoms with Gasteiger partial charge in [-0.2, -0.15) is 0 Å². The molecule has 0 bridgehead atoms. The van der Waals surface area contributed by atoms with Crippen molar-refractivity contribution in [2.24, 2.45) is 0 Å². The molecule has 0 radical (unpaired) electrons. The van der Waals surface area contributed by atoms with Crippen molar-refractivity contribution in [1.29, 1.82) is 0 Å². The maximum absolute atomic E-state index is 9.54. The third-order valence-electron chi connectivity index (χ3n) is 0.301. The summed E-state index contributed by atoms with van der Waals surface area (Å²) in [7, 11) is 0. The maximum atomic E-state index is 9.54. The van der Waals surface area contributed by atoms with Crippen molar-refractivity contribution in [3.63, 3.8) is 0 Å². The van der Waals surface area contributed by atoms with E-state index < -0.39 is 11.8 Å². The third-order valence-corrected chi connectivity index (χ3v) is 0.301. The fourth-order valence-electron chi connectivity index (χ4n) is 0. The second-order valence-electron chi connectivity index (χ2n) is 0.861. The summed E-state index contributed by atoms with van der Waals surface area (Å²) in [4.78, 5) is 18.9. The molecular weight excluding hydrogens is 279 g/mol. The number of carbonyl (C=O) groups is 2. The van der Waals surface area contributed by atoms with Gasteiger partial charge in [0.2, 0.25) is 5.78 Å². The van der Waals surface area contributed by atoms with Gasteiger partial charge in [0.1, 0.15) is 0 Å². The van der Waals surface area contributed by atoms with E-state index in [1.165, 1.54) is 0 Å². The molecule has 0 aliphatic carbocycles. The van der Waals surface area contributed by atoms with E-state index in [0.29, 0.717) is 0 Å². The van der Waals surface area contributed by atoms with Crippen LogP contribution in [0.5, 0.6) is 0 Å². The minimum Gasteiger partial charge on any atom is -0.476 e. The monoisotopic (exact) mass is 283 g/mol.